The Hall–Kier alpha value is -2.15. The Morgan fingerprint density at radius 1 is 1.29 bits per heavy atom. The summed E-state index contributed by atoms with van der Waals surface area (Å²) in [7, 11) is 1.83. The molecule has 0 radical (unpaired) electrons. The number of anilines is 1. The number of thioether (sulfide) groups is 1. The van der Waals surface area contributed by atoms with Crippen molar-refractivity contribution in [2.45, 2.75) is 24.3 Å². The van der Waals surface area contributed by atoms with Crippen LogP contribution in [0.5, 0.6) is 0 Å². The smallest absolute Gasteiger partial charge is 0.237 e. The van der Waals surface area contributed by atoms with E-state index < -0.39 is 0 Å². The zero-order chi connectivity index (χ0) is 15.4. The molecule has 110 valence electrons. The molecule has 1 aromatic carbocycles. The van der Waals surface area contributed by atoms with Crippen LogP contribution in [0.3, 0.4) is 0 Å². The van der Waals surface area contributed by atoms with Crippen LogP contribution >= 0.6 is 11.8 Å². The van der Waals surface area contributed by atoms with Crippen LogP contribution in [0, 0.1) is 0 Å². The van der Waals surface area contributed by atoms with Gasteiger partial charge in [-0.05, 0) is 38.1 Å². The van der Waals surface area contributed by atoms with Crippen molar-refractivity contribution in [2.75, 3.05) is 5.32 Å². The maximum Gasteiger partial charge on any atom is 0.237 e. The van der Waals surface area contributed by atoms with E-state index in [4.69, 9.17) is 0 Å². The highest BCUT2D eigenvalue weighted by Gasteiger charge is 2.17. The standard InChI is InChI=1S/C14H16N4O2S/c1-9(19)11-4-6-12(7-5-11)16-13(20)10(2)21-14-17-15-8-18(14)3/h4-8,10H,1-3H3,(H,16,20). The molecule has 0 spiro atoms. The van der Waals surface area contributed by atoms with Gasteiger partial charge in [-0.25, -0.2) is 0 Å². The number of nitrogens with zero attached hydrogens (tertiary/aromatic N) is 3. The van der Waals surface area contributed by atoms with E-state index >= 15 is 0 Å². The number of ketones is 1. The lowest BCUT2D eigenvalue weighted by Gasteiger charge is -2.11. The van der Waals surface area contributed by atoms with Gasteiger partial charge in [0.05, 0.1) is 5.25 Å². The van der Waals surface area contributed by atoms with Crippen LogP contribution in [-0.4, -0.2) is 31.7 Å². The lowest BCUT2D eigenvalue weighted by Crippen LogP contribution is -2.22. The third kappa shape index (κ3) is 3.91. The fourth-order valence-electron chi connectivity index (χ4n) is 1.62. The zero-order valence-electron chi connectivity index (χ0n) is 12.0. The monoisotopic (exact) mass is 304 g/mol. The minimum atomic E-state index is -0.305. The van der Waals surface area contributed by atoms with Gasteiger partial charge in [0.1, 0.15) is 6.33 Å². The van der Waals surface area contributed by atoms with Crippen molar-refractivity contribution >= 4 is 29.1 Å². The molecule has 1 amide bonds. The Morgan fingerprint density at radius 3 is 2.48 bits per heavy atom. The maximum atomic E-state index is 12.1. The number of aromatic nitrogens is 3. The molecule has 7 heteroatoms. The van der Waals surface area contributed by atoms with Gasteiger partial charge in [-0.3, -0.25) is 9.59 Å². The molecule has 0 bridgehead atoms. The molecule has 6 nitrogen and oxygen atoms in total. The number of benzene rings is 1. The van der Waals surface area contributed by atoms with Gasteiger partial charge in [0.2, 0.25) is 5.91 Å². The number of carbonyl (C=O) groups excluding carboxylic acids is 2. The summed E-state index contributed by atoms with van der Waals surface area (Å²) < 4.78 is 1.76. The number of hydrogen-bond donors (Lipinski definition) is 1. The van der Waals surface area contributed by atoms with Crippen molar-refractivity contribution in [3.63, 3.8) is 0 Å². The van der Waals surface area contributed by atoms with Gasteiger partial charge in [0.25, 0.3) is 0 Å². The highest BCUT2D eigenvalue weighted by molar-refractivity contribution is 8.00. The van der Waals surface area contributed by atoms with Crippen molar-refractivity contribution in [1.82, 2.24) is 14.8 Å². The van der Waals surface area contributed by atoms with Crippen LogP contribution in [0.15, 0.2) is 35.7 Å². The molecule has 1 unspecified atom stereocenters. The topological polar surface area (TPSA) is 76.9 Å². The molecule has 0 saturated heterocycles. The summed E-state index contributed by atoms with van der Waals surface area (Å²) in [6, 6.07) is 6.82. The largest absolute Gasteiger partial charge is 0.325 e. The molecule has 2 rings (SSSR count). The van der Waals surface area contributed by atoms with Crippen molar-refractivity contribution in [3.8, 4) is 0 Å². The van der Waals surface area contributed by atoms with Crippen molar-refractivity contribution < 1.29 is 9.59 Å². The van der Waals surface area contributed by atoms with Gasteiger partial charge in [-0.15, -0.1) is 10.2 Å². The summed E-state index contributed by atoms with van der Waals surface area (Å²) in [4.78, 5) is 23.3. The normalized spacial score (nSPS) is 12.0. The van der Waals surface area contributed by atoms with Crippen LogP contribution < -0.4 is 5.32 Å². The fraction of sp³-hybridized carbons (Fsp3) is 0.286. The molecular weight excluding hydrogens is 288 g/mol. The average Bonchev–Trinajstić information content (AvgIpc) is 2.84. The van der Waals surface area contributed by atoms with Crippen molar-refractivity contribution in [3.05, 3.63) is 36.2 Å². The van der Waals surface area contributed by atoms with E-state index in [1.54, 1.807) is 42.1 Å². The van der Waals surface area contributed by atoms with E-state index in [1.807, 2.05) is 7.05 Å². The lowest BCUT2D eigenvalue weighted by atomic mass is 10.1. The highest BCUT2D eigenvalue weighted by Crippen LogP contribution is 2.21. The number of rotatable bonds is 5. The molecule has 0 aliphatic carbocycles. The SMILES string of the molecule is CC(=O)c1ccc(NC(=O)C(C)Sc2nncn2C)cc1. The van der Waals surface area contributed by atoms with Crippen LogP contribution in [0.25, 0.3) is 0 Å². The molecule has 1 N–H and O–H groups in total. The second kappa shape index (κ2) is 6.53. The quantitative estimate of drug-likeness (QED) is 0.676. The first-order chi connectivity index (χ1) is 9.97. The first-order valence-corrected chi connectivity index (χ1v) is 7.28. The molecule has 0 aliphatic heterocycles. The van der Waals surface area contributed by atoms with Crippen LogP contribution in [0.1, 0.15) is 24.2 Å². The molecule has 0 saturated carbocycles. The van der Waals surface area contributed by atoms with E-state index in [0.29, 0.717) is 16.4 Å². The third-order valence-electron chi connectivity index (χ3n) is 2.88. The number of aryl methyl sites for hydroxylation is 1. The van der Waals surface area contributed by atoms with E-state index in [2.05, 4.69) is 15.5 Å². The zero-order valence-corrected chi connectivity index (χ0v) is 12.8. The van der Waals surface area contributed by atoms with Crippen LogP contribution in [-0.2, 0) is 11.8 Å². The summed E-state index contributed by atoms with van der Waals surface area (Å²) in [5, 5.41) is 10.9. The first-order valence-electron chi connectivity index (χ1n) is 6.40. The molecule has 1 atom stereocenters. The number of hydrogen-bond acceptors (Lipinski definition) is 5. The molecule has 2 aromatic rings. The van der Waals surface area contributed by atoms with Gasteiger partial charge in [-0.2, -0.15) is 0 Å². The average molecular weight is 304 g/mol. The number of Topliss-reactive ketones (excluding diaryl/α,β-unsaturated/α-hetero) is 1. The number of carbonyl (C=O) groups is 2. The molecular formula is C14H16N4O2S. The summed E-state index contributed by atoms with van der Waals surface area (Å²) in [5.74, 6) is -0.127. The van der Waals surface area contributed by atoms with E-state index in [0.717, 1.165) is 0 Å². The third-order valence-corrected chi connectivity index (χ3v) is 4.03. The molecule has 0 aliphatic rings. The Balaban J connectivity index is 1.97. The van der Waals surface area contributed by atoms with Gasteiger partial charge >= 0.3 is 0 Å². The summed E-state index contributed by atoms with van der Waals surface area (Å²) in [5.41, 5.74) is 1.28. The number of amides is 1. The van der Waals surface area contributed by atoms with Crippen molar-refractivity contribution in [1.29, 1.82) is 0 Å². The van der Waals surface area contributed by atoms with E-state index in [9.17, 15) is 9.59 Å². The Bertz CT molecular complexity index is 651. The maximum absolute atomic E-state index is 12.1. The molecule has 1 aromatic heterocycles. The Morgan fingerprint density at radius 2 is 1.95 bits per heavy atom. The predicted molar refractivity (Wildman–Crippen MR) is 81.4 cm³/mol. The Labute approximate surface area is 127 Å². The second-order valence-electron chi connectivity index (χ2n) is 4.61. The van der Waals surface area contributed by atoms with Crippen LogP contribution in [0.2, 0.25) is 0 Å². The minimum absolute atomic E-state index is 0.000850. The first kappa shape index (κ1) is 15.2. The second-order valence-corrected chi connectivity index (χ2v) is 5.92. The fourth-order valence-corrected chi connectivity index (χ4v) is 2.41. The molecule has 0 fully saturated rings. The lowest BCUT2D eigenvalue weighted by molar-refractivity contribution is -0.115. The molecule has 1 heterocycles. The van der Waals surface area contributed by atoms with E-state index in [1.165, 1.54) is 18.7 Å². The summed E-state index contributed by atoms with van der Waals surface area (Å²) in [6.07, 6.45) is 1.59. The van der Waals surface area contributed by atoms with Gasteiger partial charge in [-0.1, -0.05) is 11.8 Å². The van der Waals surface area contributed by atoms with Crippen molar-refractivity contribution in [2.24, 2.45) is 7.05 Å². The number of nitrogens with one attached hydrogen (secondary N) is 1. The van der Waals surface area contributed by atoms with Gasteiger partial charge in [0, 0.05) is 18.3 Å². The summed E-state index contributed by atoms with van der Waals surface area (Å²) in [6.45, 7) is 3.31. The van der Waals surface area contributed by atoms with Crippen LogP contribution in [0.4, 0.5) is 5.69 Å². The summed E-state index contributed by atoms with van der Waals surface area (Å²) >= 11 is 1.34. The highest BCUT2D eigenvalue weighted by atomic mass is 32.2. The van der Waals surface area contributed by atoms with E-state index in [-0.39, 0.29) is 16.9 Å². The minimum Gasteiger partial charge on any atom is -0.325 e. The van der Waals surface area contributed by atoms with Gasteiger partial charge in [0.15, 0.2) is 10.9 Å². The van der Waals surface area contributed by atoms with Gasteiger partial charge < -0.3 is 9.88 Å². The molecule has 21 heavy (non-hydrogen) atoms. The predicted octanol–water partition coefficient (Wildman–Crippen LogP) is 2.14. The Kier molecular flexibility index (Phi) is 4.74.